The number of hydrogen-bond donors (Lipinski definition) is 3. The number of amides is 2. The lowest BCUT2D eigenvalue weighted by Crippen LogP contribution is -2.35. The van der Waals surface area contributed by atoms with Crippen molar-refractivity contribution in [1.82, 2.24) is 15.3 Å². The molecule has 0 saturated heterocycles. The molecule has 0 fully saturated rings. The predicted molar refractivity (Wildman–Crippen MR) is 80.5 cm³/mol. The number of anilines is 1. The van der Waals surface area contributed by atoms with Gasteiger partial charge in [-0.25, -0.2) is 9.78 Å². The quantitative estimate of drug-likeness (QED) is 0.347. The molecular formula is C13H12ClN5O3. The van der Waals surface area contributed by atoms with Gasteiger partial charge in [0.05, 0.1) is 19.5 Å². The topological polar surface area (TPSA) is 109 Å². The third-order valence-corrected chi connectivity index (χ3v) is 2.71. The highest BCUT2D eigenvalue weighted by atomic mass is 35.5. The van der Waals surface area contributed by atoms with Crippen LogP contribution in [0.4, 0.5) is 10.5 Å². The Labute approximate surface area is 130 Å². The van der Waals surface area contributed by atoms with E-state index < -0.39 is 6.03 Å². The van der Waals surface area contributed by atoms with Crippen LogP contribution < -0.4 is 15.4 Å². The number of amidine groups is 1. The number of nitrogens with zero attached hydrogens (tertiary/aromatic N) is 3. The van der Waals surface area contributed by atoms with Crippen molar-refractivity contribution in [1.29, 1.82) is 0 Å². The van der Waals surface area contributed by atoms with Gasteiger partial charge in [-0.2, -0.15) is 0 Å². The molecule has 114 valence electrons. The number of carbonyl (C=O) groups excluding carboxylic acids is 1. The van der Waals surface area contributed by atoms with Crippen LogP contribution in [0.5, 0.6) is 5.88 Å². The fourth-order valence-electron chi connectivity index (χ4n) is 1.54. The van der Waals surface area contributed by atoms with E-state index in [2.05, 4.69) is 25.8 Å². The van der Waals surface area contributed by atoms with Gasteiger partial charge < -0.3 is 15.3 Å². The summed E-state index contributed by atoms with van der Waals surface area (Å²) >= 11 is 5.82. The summed E-state index contributed by atoms with van der Waals surface area (Å²) in [6, 6.07) is 5.97. The van der Waals surface area contributed by atoms with Gasteiger partial charge in [-0.1, -0.05) is 22.8 Å². The maximum Gasteiger partial charge on any atom is 0.324 e. The van der Waals surface area contributed by atoms with E-state index in [0.29, 0.717) is 10.7 Å². The van der Waals surface area contributed by atoms with E-state index in [9.17, 15) is 4.79 Å². The summed E-state index contributed by atoms with van der Waals surface area (Å²) in [4.78, 5) is 19.7. The predicted octanol–water partition coefficient (Wildman–Crippen LogP) is 2.10. The van der Waals surface area contributed by atoms with Crippen LogP contribution in [0.3, 0.4) is 0 Å². The fourth-order valence-corrected chi connectivity index (χ4v) is 1.73. The van der Waals surface area contributed by atoms with E-state index >= 15 is 0 Å². The molecule has 22 heavy (non-hydrogen) atoms. The second-order valence-corrected chi connectivity index (χ2v) is 4.42. The summed E-state index contributed by atoms with van der Waals surface area (Å²) < 4.78 is 4.91. The maximum atomic E-state index is 11.9. The van der Waals surface area contributed by atoms with Gasteiger partial charge >= 0.3 is 6.03 Å². The van der Waals surface area contributed by atoms with Gasteiger partial charge in [0.25, 0.3) is 0 Å². The van der Waals surface area contributed by atoms with E-state index in [-0.39, 0.29) is 17.4 Å². The number of ether oxygens (including phenoxy) is 1. The average molecular weight is 322 g/mol. The van der Waals surface area contributed by atoms with Crippen molar-refractivity contribution in [2.24, 2.45) is 5.16 Å². The highest BCUT2D eigenvalue weighted by molar-refractivity contribution is 6.30. The van der Waals surface area contributed by atoms with Crippen molar-refractivity contribution < 1.29 is 14.7 Å². The summed E-state index contributed by atoms with van der Waals surface area (Å²) in [5, 5.41) is 17.4. The smallest absolute Gasteiger partial charge is 0.324 e. The lowest BCUT2D eigenvalue weighted by Gasteiger charge is -2.09. The molecule has 1 aromatic heterocycles. The summed E-state index contributed by atoms with van der Waals surface area (Å²) in [6.45, 7) is 0. The molecule has 1 aromatic carbocycles. The molecule has 0 radical (unpaired) electrons. The van der Waals surface area contributed by atoms with Crippen LogP contribution in [0.25, 0.3) is 0 Å². The highest BCUT2D eigenvalue weighted by Crippen LogP contribution is 2.14. The zero-order chi connectivity index (χ0) is 15.9. The molecule has 8 nitrogen and oxygen atoms in total. The van der Waals surface area contributed by atoms with E-state index in [1.54, 1.807) is 24.3 Å². The zero-order valence-electron chi connectivity index (χ0n) is 11.4. The van der Waals surface area contributed by atoms with Crippen LogP contribution in [0.15, 0.2) is 41.8 Å². The summed E-state index contributed by atoms with van der Waals surface area (Å²) in [7, 11) is 1.42. The summed E-state index contributed by atoms with van der Waals surface area (Å²) in [5.41, 5.74) is 0.627. The Hall–Kier alpha value is -2.87. The first-order valence-corrected chi connectivity index (χ1v) is 6.42. The second kappa shape index (κ2) is 7.23. The van der Waals surface area contributed by atoms with E-state index in [1.807, 2.05) is 0 Å². The van der Waals surface area contributed by atoms with Crippen molar-refractivity contribution in [2.75, 3.05) is 12.4 Å². The molecule has 0 aliphatic rings. The Bertz CT molecular complexity index is 708. The number of nitrogens with one attached hydrogen (secondary N) is 2. The lowest BCUT2D eigenvalue weighted by molar-refractivity contribution is 0.255. The molecule has 1 heterocycles. The van der Waals surface area contributed by atoms with E-state index in [4.69, 9.17) is 21.5 Å². The van der Waals surface area contributed by atoms with Crippen molar-refractivity contribution in [2.45, 2.75) is 0 Å². The number of carbonyl (C=O) groups is 1. The standard InChI is InChI=1S/C13H12ClN5O3/c1-22-11-7-15-6-10(17-11)12(19-21)18-13(20)16-9-4-2-3-8(14)5-9/h2-7,21H,1H3,(H2,16,18,19,20). The normalized spacial score (nSPS) is 10.9. The van der Waals surface area contributed by atoms with Gasteiger partial charge in [-0.05, 0) is 18.2 Å². The number of urea groups is 1. The molecule has 2 rings (SSSR count). The lowest BCUT2D eigenvalue weighted by atomic mass is 10.3. The zero-order valence-corrected chi connectivity index (χ0v) is 12.2. The number of oxime groups is 1. The Balaban J connectivity index is 2.08. The van der Waals surface area contributed by atoms with E-state index in [0.717, 1.165) is 0 Å². The minimum Gasteiger partial charge on any atom is -0.480 e. The molecule has 0 unspecified atom stereocenters. The van der Waals surface area contributed by atoms with Gasteiger partial charge in [0.15, 0.2) is 0 Å². The Morgan fingerprint density at radius 2 is 2.23 bits per heavy atom. The Kier molecular flexibility index (Phi) is 5.10. The molecule has 3 N–H and O–H groups in total. The third-order valence-electron chi connectivity index (χ3n) is 2.48. The molecule has 0 atom stereocenters. The van der Waals surface area contributed by atoms with Gasteiger partial charge in [-0.3, -0.25) is 10.3 Å². The third kappa shape index (κ3) is 4.06. The molecule has 2 aromatic rings. The van der Waals surface area contributed by atoms with Crippen molar-refractivity contribution >= 4 is 29.2 Å². The molecule has 0 spiro atoms. The minimum atomic E-state index is -0.625. The van der Waals surface area contributed by atoms with Gasteiger partial charge in [0, 0.05) is 10.7 Å². The first-order valence-electron chi connectivity index (χ1n) is 6.04. The monoisotopic (exact) mass is 321 g/mol. The fraction of sp³-hybridized carbons (Fsp3) is 0.0769. The SMILES string of the molecule is COc1cncc(/C(=N/O)NC(=O)Nc2cccc(Cl)c2)n1. The van der Waals surface area contributed by atoms with E-state index in [1.165, 1.54) is 19.5 Å². The molecule has 0 bridgehead atoms. The highest BCUT2D eigenvalue weighted by Gasteiger charge is 2.12. The average Bonchev–Trinajstić information content (AvgIpc) is 2.52. The number of halogens is 1. The molecule has 2 amide bonds. The molecule has 0 saturated carbocycles. The maximum absolute atomic E-state index is 11.9. The number of hydrogen-bond acceptors (Lipinski definition) is 6. The number of methoxy groups -OCH3 is 1. The van der Waals surface area contributed by atoms with Crippen LogP contribution in [-0.4, -0.2) is 34.2 Å². The Morgan fingerprint density at radius 1 is 1.41 bits per heavy atom. The molecule has 0 aliphatic heterocycles. The minimum absolute atomic E-state index is 0.142. The van der Waals surface area contributed by atoms with Gasteiger partial charge in [0.1, 0.15) is 5.69 Å². The van der Waals surface area contributed by atoms with Crippen LogP contribution in [-0.2, 0) is 0 Å². The van der Waals surface area contributed by atoms with Crippen molar-refractivity contribution in [3.05, 3.63) is 47.4 Å². The van der Waals surface area contributed by atoms with Crippen LogP contribution >= 0.6 is 11.6 Å². The number of aromatic nitrogens is 2. The number of rotatable bonds is 3. The van der Waals surface area contributed by atoms with Gasteiger partial charge in [0.2, 0.25) is 11.7 Å². The van der Waals surface area contributed by atoms with Crippen LogP contribution in [0, 0.1) is 0 Å². The van der Waals surface area contributed by atoms with Crippen molar-refractivity contribution in [3.8, 4) is 5.88 Å². The summed E-state index contributed by atoms with van der Waals surface area (Å²) in [6.07, 6.45) is 2.70. The first-order chi connectivity index (χ1) is 10.6. The molecule has 9 heteroatoms. The number of benzene rings is 1. The van der Waals surface area contributed by atoms with Crippen LogP contribution in [0.2, 0.25) is 5.02 Å². The van der Waals surface area contributed by atoms with Gasteiger partial charge in [-0.15, -0.1) is 0 Å². The summed E-state index contributed by atoms with van der Waals surface area (Å²) in [5.74, 6) is 0.0432. The molecular weight excluding hydrogens is 310 g/mol. The molecule has 0 aliphatic carbocycles. The van der Waals surface area contributed by atoms with Crippen molar-refractivity contribution in [3.63, 3.8) is 0 Å². The van der Waals surface area contributed by atoms with Crippen LogP contribution in [0.1, 0.15) is 5.69 Å². The second-order valence-electron chi connectivity index (χ2n) is 3.98. The Morgan fingerprint density at radius 3 is 2.91 bits per heavy atom. The first kappa shape index (κ1) is 15.5. The largest absolute Gasteiger partial charge is 0.480 e.